The van der Waals surface area contributed by atoms with Gasteiger partial charge in [0.15, 0.2) is 0 Å². The minimum Gasteiger partial charge on any atom is -1.00 e. The van der Waals surface area contributed by atoms with Crippen molar-refractivity contribution in [3.05, 3.63) is 18.7 Å². The van der Waals surface area contributed by atoms with Crippen LogP contribution in [0.4, 0.5) is 0 Å². The minimum atomic E-state index is 0. The highest BCUT2D eigenvalue weighted by molar-refractivity contribution is 4.68. The molecule has 0 aliphatic rings. The van der Waals surface area contributed by atoms with Crippen LogP contribution in [0.15, 0.2) is 18.7 Å². The molecule has 1 heterocycles. The molecule has 0 aliphatic heterocycles. The Bertz CT molecular complexity index is 368. The molecule has 0 saturated carbocycles. The number of halogens is 1. The smallest absolute Gasteiger partial charge is 0.243 e. The number of aromatic nitrogens is 2. The molecule has 0 N–H and O–H groups in total. The molecule has 3 nitrogen and oxygen atoms in total. The fraction of sp³-hybridized carbons (Fsp3) is 0.750. The van der Waals surface area contributed by atoms with Crippen molar-refractivity contribution < 1.29 is 21.5 Å². The Labute approximate surface area is 134 Å². The molecule has 0 unspecified atom stereocenters. The van der Waals surface area contributed by atoms with Crippen LogP contribution in [-0.2, 0) is 13.1 Å². The highest BCUT2D eigenvalue weighted by Gasteiger charge is 2.02. The maximum absolute atomic E-state index is 8.54. The van der Waals surface area contributed by atoms with E-state index in [0.717, 1.165) is 13.1 Å². The lowest BCUT2D eigenvalue weighted by molar-refractivity contribution is -0.695. The molecule has 0 bridgehead atoms. The fourth-order valence-corrected chi connectivity index (χ4v) is 2.31. The Balaban J connectivity index is 0.00000361. The van der Waals surface area contributed by atoms with Crippen molar-refractivity contribution in [2.75, 3.05) is 0 Å². The maximum Gasteiger partial charge on any atom is 0.243 e. The Hall–Kier alpha value is -0.820. The number of unbranched alkanes of at least 4 members (excludes halogenated alkanes) is 7. The zero-order valence-corrected chi connectivity index (χ0v) is 14.3. The molecule has 0 fully saturated rings. The topological polar surface area (TPSA) is 32.6 Å². The second kappa shape index (κ2) is 13.2. The lowest BCUT2D eigenvalue weighted by atomic mass is 10.1. The predicted octanol–water partition coefficient (Wildman–Crippen LogP) is 0.834. The maximum atomic E-state index is 8.54. The molecule has 0 amide bonds. The Morgan fingerprint density at radius 2 is 1.70 bits per heavy atom. The fourth-order valence-electron chi connectivity index (χ4n) is 2.31. The van der Waals surface area contributed by atoms with Gasteiger partial charge in [0.05, 0.1) is 19.0 Å². The van der Waals surface area contributed by atoms with Gasteiger partial charge >= 0.3 is 0 Å². The Morgan fingerprint density at radius 1 is 1.05 bits per heavy atom. The van der Waals surface area contributed by atoms with Crippen molar-refractivity contribution in [2.24, 2.45) is 0 Å². The summed E-state index contributed by atoms with van der Waals surface area (Å²) in [6.45, 7) is 4.18. The van der Waals surface area contributed by atoms with E-state index in [1.165, 1.54) is 51.4 Å². The lowest BCUT2D eigenvalue weighted by Gasteiger charge is -2.00. The average Bonchev–Trinajstić information content (AvgIpc) is 2.87. The number of nitrogens with zero attached hydrogens (tertiary/aromatic N) is 3. The summed E-state index contributed by atoms with van der Waals surface area (Å²) in [7, 11) is 0. The van der Waals surface area contributed by atoms with E-state index in [4.69, 9.17) is 5.26 Å². The summed E-state index contributed by atoms with van der Waals surface area (Å²) in [6.07, 6.45) is 17.8. The Kier molecular flexibility index (Phi) is 12.6. The van der Waals surface area contributed by atoms with Crippen LogP contribution in [0, 0.1) is 11.3 Å². The lowest BCUT2D eigenvalue weighted by Crippen LogP contribution is -3.00. The summed E-state index contributed by atoms with van der Waals surface area (Å²) in [5.41, 5.74) is 0. The molecule has 1 aromatic heterocycles. The molecule has 114 valence electrons. The largest absolute Gasteiger partial charge is 1.00 e. The highest BCUT2D eigenvalue weighted by atomic mass is 79.9. The molecule has 0 spiro atoms. The summed E-state index contributed by atoms with van der Waals surface area (Å²) in [6, 6.07) is 2.18. The van der Waals surface area contributed by atoms with Gasteiger partial charge in [-0.1, -0.05) is 45.4 Å². The summed E-state index contributed by atoms with van der Waals surface area (Å²) in [5.74, 6) is 0. The summed E-state index contributed by atoms with van der Waals surface area (Å²) in [5, 5.41) is 8.54. The van der Waals surface area contributed by atoms with Gasteiger partial charge in [-0.25, -0.2) is 9.13 Å². The minimum absolute atomic E-state index is 0. The molecule has 0 atom stereocenters. The number of hydrogen-bond donors (Lipinski definition) is 0. The molecule has 1 aromatic rings. The first-order chi connectivity index (χ1) is 9.36. The van der Waals surface area contributed by atoms with Crippen LogP contribution in [0.2, 0.25) is 0 Å². The van der Waals surface area contributed by atoms with Crippen molar-refractivity contribution in [3.63, 3.8) is 0 Å². The number of aryl methyl sites for hydroxylation is 2. The summed E-state index contributed by atoms with van der Waals surface area (Å²) >= 11 is 0. The van der Waals surface area contributed by atoms with Crippen LogP contribution < -0.4 is 21.5 Å². The summed E-state index contributed by atoms with van der Waals surface area (Å²) in [4.78, 5) is 0. The van der Waals surface area contributed by atoms with Crippen molar-refractivity contribution in [2.45, 2.75) is 77.8 Å². The SMILES string of the molecule is CCCCCCCCCCn1cc[n+](CCC#N)c1.[Br-]. The molecular formula is C16H28BrN3. The third-order valence-corrected chi connectivity index (χ3v) is 3.50. The van der Waals surface area contributed by atoms with Crippen molar-refractivity contribution in [3.8, 4) is 6.07 Å². The van der Waals surface area contributed by atoms with Crippen LogP contribution >= 0.6 is 0 Å². The van der Waals surface area contributed by atoms with Crippen molar-refractivity contribution in [1.29, 1.82) is 5.26 Å². The number of imidazole rings is 1. The molecule has 20 heavy (non-hydrogen) atoms. The molecule has 0 saturated heterocycles. The number of rotatable bonds is 11. The van der Waals surface area contributed by atoms with E-state index in [1.807, 2.05) is 0 Å². The van der Waals surface area contributed by atoms with Gasteiger partial charge in [-0.3, -0.25) is 0 Å². The molecule has 0 aliphatic carbocycles. The molecule has 0 radical (unpaired) electrons. The molecular weight excluding hydrogens is 314 g/mol. The van der Waals surface area contributed by atoms with E-state index < -0.39 is 0 Å². The van der Waals surface area contributed by atoms with Crippen molar-refractivity contribution in [1.82, 2.24) is 4.57 Å². The average molecular weight is 342 g/mol. The monoisotopic (exact) mass is 341 g/mol. The second-order valence-corrected chi connectivity index (χ2v) is 5.27. The van der Waals surface area contributed by atoms with Gasteiger partial charge in [-0.15, -0.1) is 0 Å². The van der Waals surface area contributed by atoms with Gasteiger partial charge in [0.2, 0.25) is 6.33 Å². The van der Waals surface area contributed by atoms with Crippen LogP contribution in [0.1, 0.15) is 64.7 Å². The predicted molar refractivity (Wildman–Crippen MR) is 77.5 cm³/mol. The standard InChI is InChI=1S/C16H28N3.BrH/c1-2-3-4-5-6-7-8-9-12-18-14-15-19(16-18)13-10-11-17;/h14-16H,2-10,12-13H2,1H3;1H/q+1;/p-1. The third-order valence-electron chi connectivity index (χ3n) is 3.50. The van der Waals surface area contributed by atoms with Crippen LogP contribution in [0.25, 0.3) is 0 Å². The van der Waals surface area contributed by atoms with Gasteiger partial charge in [0, 0.05) is 0 Å². The zero-order chi connectivity index (χ0) is 13.8. The van der Waals surface area contributed by atoms with Gasteiger partial charge in [-0.2, -0.15) is 5.26 Å². The van der Waals surface area contributed by atoms with Gasteiger partial charge in [0.1, 0.15) is 18.9 Å². The zero-order valence-electron chi connectivity index (χ0n) is 12.7. The van der Waals surface area contributed by atoms with Gasteiger partial charge < -0.3 is 17.0 Å². The third kappa shape index (κ3) is 9.14. The van der Waals surface area contributed by atoms with E-state index in [9.17, 15) is 0 Å². The van der Waals surface area contributed by atoms with Gasteiger partial charge in [-0.05, 0) is 12.8 Å². The van der Waals surface area contributed by atoms with E-state index in [0.29, 0.717) is 6.42 Å². The first kappa shape index (κ1) is 19.2. The molecule has 1 rings (SSSR count). The first-order valence-electron chi connectivity index (χ1n) is 7.78. The van der Waals surface area contributed by atoms with Crippen LogP contribution in [0.5, 0.6) is 0 Å². The second-order valence-electron chi connectivity index (χ2n) is 5.27. The van der Waals surface area contributed by atoms with Crippen molar-refractivity contribution >= 4 is 0 Å². The molecule has 0 aromatic carbocycles. The highest BCUT2D eigenvalue weighted by Crippen LogP contribution is 2.08. The number of nitriles is 1. The van der Waals surface area contributed by atoms with Gasteiger partial charge in [0.25, 0.3) is 0 Å². The van der Waals surface area contributed by atoms with Crippen LogP contribution in [-0.4, -0.2) is 4.57 Å². The van der Waals surface area contributed by atoms with E-state index in [-0.39, 0.29) is 17.0 Å². The van der Waals surface area contributed by atoms with E-state index >= 15 is 0 Å². The molecule has 4 heteroatoms. The Morgan fingerprint density at radius 3 is 2.35 bits per heavy atom. The van der Waals surface area contributed by atoms with E-state index in [2.05, 4.69) is 40.8 Å². The normalized spacial score (nSPS) is 10.0. The van der Waals surface area contributed by atoms with Crippen LogP contribution in [0.3, 0.4) is 0 Å². The summed E-state index contributed by atoms with van der Waals surface area (Å²) < 4.78 is 4.32. The first-order valence-corrected chi connectivity index (χ1v) is 7.78. The quantitative estimate of drug-likeness (QED) is 0.433. The number of hydrogen-bond acceptors (Lipinski definition) is 1. The van der Waals surface area contributed by atoms with E-state index in [1.54, 1.807) is 0 Å².